The van der Waals surface area contributed by atoms with E-state index in [1.54, 1.807) is 4.52 Å². The number of aromatic amines is 1. The highest BCUT2D eigenvalue weighted by Crippen LogP contribution is 2.25. The fourth-order valence-corrected chi connectivity index (χ4v) is 3.52. The Morgan fingerprint density at radius 1 is 0.969 bits per heavy atom. The first-order chi connectivity index (χ1) is 15.4. The first-order valence-corrected chi connectivity index (χ1v) is 11.0. The molecule has 0 aliphatic heterocycles. The molecule has 0 unspecified atom stereocenters. The van der Waals surface area contributed by atoms with Gasteiger partial charge >= 0.3 is 0 Å². The molecule has 0 bridgehead atoms. The number of nitrogens with one attached hydrogen (secondary N) is 3. The van der Waals surface area contributed by atoms with Gasteiger partial charge in [-0.3, -0.25) is 9.89 Å². The summed E-state index contributed by atoms with van der Waals surface area (Å²) in [6.45, 7) is 9.00. The number of nitrogens with zero attached hydrogens (tertiary/aromatic N) is 3. The fraction of sp³-hybridized carbons (Fsp3) is 0.320. The molecule has 2 heterocycles. The molecule has 0 saturated carbocycles. The van der Waals surface area contributed by atoms with Crippen LogP contribution in [0.3, 0.4) is 0 Å². The summed E-state index contributed by atoms with van der Waals surface area (Å²) in [5.41, 5.74) is 3.86. The fourth-order valence-electron chi connectivity index (χ4n) is 3.52. The largest absolute Gasteiger partial charge is 0.354 e. The molecule has 7 heteroatoms. The number of hydrogen-bond acceptors (Lipinski definition) is 5. The third-order valence-electron chi connectivity index (χ3n) is 5.35. The summed E-state index contributed by atoms with van der Waals surface area (Å²) in [5.74, 6) is 1.17. The Balaban J connectivity index is 1.44. The Morgan fingerprint density at radius 2 is 1.72 bits per heavy atom. The van der Waals surface area contributed by atoms with Crippen molar-refractivity contribution in [1.29, 1.82) is 0 Å². The highest BCUT2D eigenvalue weighted by atomic mass is 16.1. The smallest absolute Gasteiger partial charge is 0.266 e. The molecule has 0 spiro atoms. The maximum Gasteiger partial charge on any atom is 0.266 e. The van der Waals surface area contributed by atoms with E-state index in [1.165, 1.54) is 17.2 Å². The van der Waals surface area contributed by atoms with Crippen LogP contribution in [0.15, 0.2) is 65.5 Å². The van der Waals surface area contributed by atoms with E-state index in [1.807, 2.05) is 30.3 Å². The maximum absolute atomic E-state index is 11.9. The van der Waals surface area contributed by atoms with Crippen LogP contribution in [-0.2, 0) is 12.0 Å². The van der Waals surface area contributed by atoms with Crippen LogP contribution in [0.2, 0.25) is 0 Å². The molecule has 0 fully saturated rings. The predicted molar refractivity (Wildman–Crippen MR) is 129 cm³/mol. The van der Waals surface area contributed by atoms with Crippen LogP contribution in [0, 0.1) is 0 Å². The van der Waals surface area contributed by atoms with E-state index in [0.29, 0.717) is 17.4 Å². The van der Waals surface area contributed by atoms with Gasteiger partial charge in [0.2, 0.25) is 5.95 Å². The van der Waals surface area contributed by atoms with E-state index < -0.39 is 0 Å². The van der Waals surface area contributed by atoms with Crippen molar-refractivity contribution in [3.8, 4) is 11.4 Å². The Bertz CT molecular complexity index is 1220. The van der Waals surface area contributed by atoms with Gasteiger partial charge in [0.05, 0.1) is 0 Å². The lowest BCUT2D eigenvalue weighted by Gasteiger charge is -2.19. The summed E-state index contributed by atoms with van der Waals surface area (Å²) in [7, 11) is 0. The average Bonchev–Trinajstić information content (AvgIpc) is 3.16. The first-order valence-electron chi connectivity index (χ1n) is 11.0. The highest BCUT2D eigenvalue weighted by molar-refractivity contribution is 5.60. The molecule has 3 N–H and O–H groups in total. The summed E-state index contributed by atoms with van der Waals surface area (Å²) in [6, 6.07) is 20.1. The number of H-pyrrole nitrogens is 1. The molecular formula is C25H30N6O. The van der Waals surface area contributed by atoms with Crippen LogP contribution in [0.5, 0.6) is 0 Å². The van der Waals surface area contributed by atoms with Crippen molar-refractivity contribution in [2.24, 2.45) is 0 Å². The summed E-state index contributed by atoms with van der Waals surface area (Å²) in [6.07, 6.45) is 0.916. The number of hydrogen-bond donors (Lipinski definition) is 3. The Morgan fingerprint density at radius 3 is 2.44 bits per heavy atom. The molecular weight excluding hydrogens is 400 g/mol. The molecule has 7 nitrogen and oxygen atoms in total. The zero-order valence-corrected chi connectivity index (χ0v) is 18.9. The Labute approximate surface area is 187 Å². The molecule has 166 valence electrons. The third kappa shape index (κ3) is 5.23. The zero-order chi connectivity index (χ0) is 22.6. The molecule has 2 aromatic carbocycles. The van der Waals surface area contributed by atoms with E-state index in [-0.39, 0.29) is 11.0 Å². The summed E-state index contributed by atoms with van der Waals surface area (Å²) in [5, 5.41) is 9.56. The molecule has 0 radical (unpaired) electrons. The molecule has 32 heavy (non-hydrogen) atoms. The van der Waals surface area contributed by atoms with Crippen LogP contribution in [0.1, 0.15) is 38.3 Å². The van der Waals surface area contributed by atoms with Crippen LogP contribution in [-0.4, -0.2) is 32.7 Å². The van der Waals surface area contributed by atoms with Gasteiger partial charge in [-0.25, -0.2) is 9.50 Å². The Kier molecular flexibility index (Phi) is 6.37. The molecule has 0 saturated heterocycles. The Hall–Kier alpha value is -3.45. The lowest BCUT2D eigenvalue weighted by atomic mass is 9.87. The second kappa shape index (κ2) is 9.36. The predicted octanol–water partition coefficient (Wildman–Crippen LogP) is 3.97. The molecule has 0 amide bonds. The van der Waals surface area contributed by atoms with E-state index in [9.17, 15) is 4.79 Å². The van der Waals surface area contributed by atoms with E-state index in [2.05, 4.69) is 65.8 Å². The van der Waals surface area contributed by atoms with Crippen LogP contribution >= 0.6 is 0 Å². The van der Waals surface area contributed by atoms with Crippen molar-refractivity contribution in [2.45, 2.75) is 39.2 Å². The molecule has 2 aromatic heterocycles. The number of fused-ring (bicyclic) bond motifs is 1. The second-order valence-electron chi connectivity index (χ2n) is 8.95. The molecule has 0 aliphatic rings. The molecule has 4 aromatic rings. The molecule has 0 atom stereocenters. The van der Waals surface area contributed by atoms with Gasteiger partial charge in [0.1, 0.15) is 0 Å². The summed E-state index contributed by atoms with van der Waals surface area (Å²) >= 11 is 0. The molecule has 4 rings (SSSR count). The van der Waals surface area contributed by atoms with E-state index in [0.717, 1.165) is 31.6 Å². The van der Waals surface area contributed by atoms with Crippen molar-refractivity contribution >= 4 is 11.6 Å². The van der Waals surface area contributed by atoms with E-state index in [4.69, 9.17) is 4.98 Å². The van der Waals surface area contributed by atoms with Gasteiger partial charge in [0, 0.05) is 24.7 Å². The van der Waals surface area contributed by atoms with Gasteiger partial charge in [-0.15, -0.1) is 0 Å². The SMILES string of the molecule is CC(C)(C)c1ccc(-c2nc(NCCCNCc3ccccc3)n3[nH]c(=O)cc3n2)cc1. The average molecular weight is 431 g/mol. The van der Waals surface area contributed by atoms with Crippen molar-refractivity contribution in [1.82, 2.24) is 24.9 Å². The normalized spacial score (nSPS) is 11.7. The number of anilines is 1. The van der Waals surface area contributed by atoms with Gasteiger partial charge in [-0.2, -0.15) is 4.98 Å². The van der Waals surface area contributed by atoms with Gasteiger partial charge in [0.25, 0.3) is 5.56 Å². The lowest BCUT2D eigenvalue weighted by molar-refractivity contribution is 0.590. The monoisotopic (exact) mass is 430 g/mol. The number of aromatic nitrogens is 4. The topological polar surface area (TPSA) is 87.1 Å². The lowest BCUT2D eigenvalue weighted by Crippen LogP contribution is -2.19. The van der Waals surface area contributed by atoms with Crippen LogP contribution in [0.25, 0.3) is 17.0 Å². The number of benzene rings is 2. The van der Waals surface area contributed by atoms with Gasteiger partial charge in [-0.1, -0.05) is 75.4 Å². The summed E-state index contributed by atoms with van der Waals surface area (Å²) < 4.78 is 1.60. The van der Waals surface area contributed by atoms with Crippen molar-refractivity contribution in [3.05, 3.63) is 82.1 Å². The minimum Gasteiger partial charge on any atom is -0.354 e. The summed E-state index contributed by atoms with van der Waals surface area (Å²) in [4.78, 5) is 21.2. The van der Waals surface area contributed by atoms with Crippen molar-refractivity contribution in [3.63, 3.8) is 0 Å². The van der Waals surface area contributed by atoms with Gasteiger partial charge < -0.3 is 10.6 Å². The minimum absolute atomic E-state index is 0.0819. The third-order valence-corrected chi connectivity index (χ3v) is 5.35. The number of rotatable bonds is 8. The van der Waals surface area contributed by atoms with Gasteiger partial charge in [-0.05, 0) is 29.5 Å². The highest BCUT2D eigenvalue weighted by Gasteiger charge is 2.15. The standard InChI is InChI=1S/C25H30N6O/c1-25(2,3)20-12-10-19(11-13-20)23-28-21-16-22(32)30-31(21)24(29-23)27-15-7-14-26-17-18-8-5-4-6-9-18/h4-6,8-13,16,26H,7,14-15,17H2,1-3H3,(H,30,32)(H,27,28,29). The molecule has 0 aliphatic carbocycles. The minimum atomic E-state index is -0.202. The first kappa shape index (κ1) is 21.8. The van der Waals surface area contributed by atoms with Gasteiger partial charge in [0.15, 0.2) is 11.5 Å². The van der Waals surface area contributed by atoms with E-state index >= 15 is 0 Å². The van der Waals surface area contributed by atoms with Crippen LogP contribution in [0.4, 0.5) is 5.95 Å². The van der Waals surface area contributed by atoms with Crippen molar-refractivity contribution in [2.75, 3.05) is 18.4 Å². The maximum atomic E-state index is 11.9. The quantitative estimate of drug-likeness (QED) is 0.368. The second-order valence-corrected chi connectivity index (χ2v) is 8.95. The zero-order valence-electron chi connectivity index (χ0n) is 18.9. The van der Waals surface area contributed by atoms with Crippen molar-refractivity contribution < 1.29 is 0 Å². The van der Waals surface area contributed by atoms with Crippen LogP contribution < -0.4 is 16.2 Å².